The Morgan fingerprint density at radius 1 is 1.50 bits per heavy atom. The lowest BCUT2D eigenvalue weighted by Crippen LogP contribution is -2.34. The molecule has 1 aliphatic carbocycles. The largest absolute Gasteiger partial charge is 0.375 e. The van der Waals surface area contributed by atoms with Crippen LogP contribution in [-0.2, 0) is 6.54 Å². The molecule has 18 heavy (non-hydrogen) atoms. The molecule has 1 aromatic heterocycles. The van der Waals surface area contributed by atoms with Crippen LogP contribution in [-0.4, -0.2) is 47.0 Å². The number of nitrogens with zero attached hydrogens (tertiary/aromatic N) is 3. The van der Waals surface area contributed by atoms with Gasteiger partial charge in [0, 0.05) is 42.8 Å². The van der Waals surface area contributed by atoms with Crippen LogP contribution in [0.25, 0.3) is 0 Å². The Bertz CT molecular complexity index is 393. The van der Waals surface area contributed by atoms with E-state index in [1.54, 1.807) is 11.3 Å². The molecule has 1 aromatic rings. The van der Waals surface area contributed by atoms with Gasteiger partial charge in [-0.25, -0.2) is 4.98 Å². The molecule has 102 valence electrons. The van der Waals surface area contributed by atoms with Crippen molar-refractivity contribution in [3.05, 3.63) is 11.1 Å². The van der Waals surface area contributed by atoms with Crippen molar-refractivity contribution >= 4 is 28.9 Å². The standard InChI is InChI=1S/C12H20N4S.ClH/c1-15(8-11-6-14-12(13)17-11)10-4-5-16(7-10)9-2-3-9;/h6,9-10H,2-5,7-8H2,1H3,(H2,13,14);1H. The molecule has 2 aliphatic rings. The van der Waals surface area contributed by atoms with Crippen molar-refractivity contribution in [2.24, 2.45) is 0 Å². The lowest BCUT2D eigenvalue weighted by atomic mass is 10.2. The van der Waals surface area contributed by atoms with Crippen molar-refractivity contribution in [2.45, 2.75) is 37.9 Å². The van der Waals surface area contributed by atoms with Crippen molar-refractivity contribution in [1.29, 1.82) is 0 Å². The number of nitrogens with two attached hydrogens (primary N) is 1. The van der Waals surface area contributed by atoms with E-state index in [9.17, 15) is 0 Å². The van der Waals surface area contributed by atoms with Gasteiger partial charge in [0.25, 0.3) is 0 Å². The van der Waals surface area contributed by atoms with E-state index in [2.05, 4.69) is 21.8 Å². The van der Waals surface area contributed by atoms with Gasteiger partial charge in [-0.3, -0.25) is 9.80 Å². The summed E-state index contributed by atoms with van der Waals surface area (Å²) in [4.78, 5) is 10.5. The van der Waals surface area contributed by atoms with Crippen LogP contribution < -0.4 is 5.73 Å². The Labute approximate surface area is 119 Å². The van der Waals surface area contributed by atoms with E-state index < -0.39 is 0 Å². The van der Waals surface area contributed by atoms with Gasteiger partial charge < -0.3 is 5.73 Å². The van der Waals surface area contributed by atoms with Crippen LogP contribution in [0, 0.1) is 0 Å². The van der Waals surface area contributed by atoms with Crippen LogP contribution in [0.4, 0.5) is 5.13 Å². The van der Waals surface area contributed by atoms with E-state index in [1.807, 2.05) is 6.20 Å². The van der Waals surface area contributed by atoms with Crippen LogP contribution in [0.5, 0.6) is 0 Å². The molecule has 0 bridgehead atoms. The maximum atomic E-state index is 5.66. The maximum Gasteiger partial charge on any atom is 0.180 e. The summed E-state index contributed by atoms with van der Waals surface area (Å²) in [5, 5.41) is 0.680. The Kier molecular flexibility index (Phi) is 4.48. The average Bonchev–Trinajstić information content (AvgIpc) is 2.88. The first-order valence-electron chi connectivity index (χ1n) is 6.37. The van der Waals surface area contributed by atoms with E-state index in [-0.39, 0.29) is 12.4 Å². The number of hydrogen-bond donors (Lipinski definition) is 1. The van der Waals surface area contributed by atoms with E-state index in [1.165, 1.54) is 37.2 Å². The molecule has 0 amide bonds. The summed E-state index contributed by atoms with van der Waals surface area (Å²) in [6.07, 6.45) is 6.05. The second-order valence-corrected chi connectivity index (χ2v) is 6.40. The summed E-state index contributed by atoms with van der Waals surface area (Å²) in [7, 11) is 2.22. The SMILES string of the molecule is CN(Cc1cnc(N)s1)C1CCN(C2CC2)C1.Cl. The van der Waals surface area contributed by atoms with Crippen LogP contribution in [0.3, 0.4) is 0 Å². The Morgan fingerprint density at radius 3 is 2.89 bits per heavy atom. The zero-order valence-corrected chi connectivity index (χ0v) is 12.3. The predicted molar refractivity (Wildman–Crippen MR) is 78.2 cm³/mol. The van der Waals surface area contributed by atoms with Crippen molar-refractivity contribution in [3.8, 4) is 0 Å². The normalized spacial score (nSPS) is 24.4. The van der Waals surface area contributed by atoms with Gasteiger partial charge in [-0.1, -0.05) is 0 Å². The number of aromatic nitrogens is 1. The van der Waals surface area contributed by atoms with Gasteiger partial charge in [0.2, 0.25) is 0 Å². The van der Waals surface area contributed by atoms with Gasteiger partial charge >= 0.3 is 0 Å². The lowest BCUT2D eigenvalue weighted by molar-refractivity contribution is 0.223. The number of nitrogen functional groups attached to an aromatic ring is 1. The Balaban J connectivity index is 0.00000120. The fourth-order valence-corrected chi connectivity index (χ4v) is 3.42. The van der Waals surface area contributed by atoms with E-state index in [0.29, 0.717) is 11.2 Å². The summed E-state index contributed by atoms with van der Waals surface area (Å²) >= 11 is 1.61. The van der Waals surface area contributed by atoms with Gasteiger partial charge in [-0.2, -0.15) is 0 Å². The molecule has 4 nitrogen and oxygen atoms in total. The number of thiazole rings is 1. The van der Waals surface area contributed by atoms with E-state index in [4.69, 9.17) is 5.73 Å². The number of likely N-dealkylation sites (N-methyl/N-ethyl adjacent to an activating group) is 1. The lowest BCUT2D eigenvalue weighted by Gasteiger charge is -2.24. The van der Waals surface area contributed by atoms with E-state index in [0.717, 1.165) is 12.6 Å². The minimum absolute atomic E-state index is 0. The molecule has 2 N–H and O–H groups in total. The van der Waals surface area contributed by atoms with Gasteiger partial charge in [-0.05, 0) is 26.3 Å². The van der Waals surface area contributed by atoms with Crippen molar-refractivity contribution in [1.82, 2.24) is 14.8 Å². The molecule has 3 rings (SSSR count). The number of likely N-dealkylation sites (tertiary alicyclic amines) is 1. The molecule has 6 heteroatoms. The van der Waals surface area contributed by atoms with Gasteiger partial charge in [0.15, 0.2) is 5.13 Å². The third-order valence-corrected chi connectivity index (χ3v) is 4.67. The zero-order chi connectivity index (χ0) is 11.8. The molecule has 2 heterocycles. The molecular formula is C12H21ClN4S. The maximum absolute atomic E-state index is 5.66. The zero-order valence-electron chi connectivity index (χ0n) is 10.7. The van der Waals surface area contributed by atoms with E-state index >= 15 is 0 Å². The first-order chi connectivity index (χ1) is 8.22. The highest BCUT2D eigenvalue weighted by molar-refractivity contribution is 7.15. The number of anilines is 1. The van der Waals surface area contributed by atoms with Crippen molar-refractivity contribution < 1.29 is 0 Å². The highest BCUT2D eigenvalue weighted by Gasteiger charge is 2.35. The van der Waals surface area contributed by atoms with Gasteiger partial charge in [-0.15, -0.1) is 23.7 Å². The average molecular weight is 289 g/mol. The molecule has 1 aliphatic heterocycles. The highest BCUT2D eigenvalue weighted by atomic mass is 35.5. The summed E-state index contributed by atoms with van der Waals surface area (Å²) in [5.41, 5.74) is 5.66. The Hall–Kier alpha value is -0.360. The fourth-order valence-electron chi connectivity index (χ4n) is 2.67. The van der Waals surface area contributed by atoms with Crippen molar-refractivity contribution in [2.75, 3.05) is 25.9 Å². The Morgan fingerprint density at radius 2 is 2.28 bits per heavy atom. The van der Waals surface area contributed by atoms with Gasteiger partial charge in [0.1, 0.15) is 0 Å². The fraction of sp³-hybridized carbons (Fsp3) is 0.750. The second kappa shape index (κ2) is 5.74. The van der Waals surface area contributed by atoms with Gasteiger partial charge in [0.05, 0.1) is 0 Å². The highest BCUT2D eigenvalue weighted by Crippen LogP contribution is 2.31. The molecular weight excluding hydrogens is 268 g/mol. The molecule has 1 unspecified atom stereocenters. The first kappa shape index (κ1) is 14.1. The molecule has 2 fully saturated rings. The minimum Gasteiger partial charge on any atom is -0.375 e. The minimum atomic E-state index is 0. The quantitative estimate of drug-likeness (QED) is 0.918. The smallest absolute Gasteiger partial charge is 0.180 e. The molecule has 1 saturated heterocycles. The third-order valence-electron chi connectivity index (χ3n) is 3.86. The summed E-state index contributed by atoms with van der Waals surface area (Å²) < 4.78 is 0. The summed E-state index contributed by atoms with van der Waals surface area (Å²) in [6.45, 7) is 3.51. The second-order valence-electron chi connectivity index (χ2n) is 5.25. The summed E-state index contributed by atoms with van der Waals surface area (Å²) in [5.74, 6) is 0. The molecule has 0 radical (unpaired) electrons. The predicted octanol–water partition coefficient (Wildman–Crippen LogP) is 1.82. The number of halogens is 1. The van der Waals surface area contributed by atoms with Crippen LogP contribution in [0.2, 0.25) is 0 Å². The molecule has 1 atom stereocenters. The topological polar surface area (TPSA) is 45.4 Å². The monoisotopic (exact) mass is 288 g/mol. The first-order valence-corrected chi connectivity index (χ1v) is 7.18. The summed E-state index contributed by atoms with van der Waals surface area (Å²) in [6, 6.07) is 1.62. The third kappa shape index (κ3) is 3.15. The molecule has 1 saturated carbocycles. The van der Waals surface area contributed by atoms with Crippen LogP contribution in [0.15, 0.2) is 6.20 Å². The van der Waals surface area contributed by atoms with Crippen molar-refractivity contribution in [3.63, 3.8) is 0 Å². The van der Waals surface area contributed by atoms with Crippen LogP contribution >= 0.6 is 23.7 Å². The number of hydrogen-bond acceptors (Lipinski definition) is 5. The number of rotatable bonds is 4. The molecule has 0 spiro atoms. The van der Waals surface area contributed by atoms with Crippen LogP contribution in [0.1, 0.15) is 24.1 Å². The molecule has 0 aromatic carbocycles.